The number of rotatable bonds is 7. The molecular weight excluding hydrogens is 522 g/mol. The molecule has 178 valence electrons. The molecule has 0 aromatic carbocycles. The van der Waals surface area contributed by atoms with Crippen LogP contribution in [0.1, 0.15) is 1.43 Å². The molecule has 0 rings (SSSR count). The second-order valence-electron chi connectivity index (χ2n) is 4.94. The van der Waals surface area contributed by atoms with E-state index in [1.807, 2.05) is 0 Å². The quantitative estimate of drug-likeness (QED) is 0.315. The summed E-state index contributed by atoms with van der Waals surface area (Å²) in [5.41, 5.74) is 0. The molecule has 0 radical (unpaired) electrons. The van der Waals surface area contributed by atoms with Gasteiger partial charge in [0, 0.05) is 0 Å². The first kappa shape index (κ1) is 31.9. The van der Waals surface area contributed by atoms with Gasteiger partial charge in [-0.1, -0.05) is 0 Å². The summed E-state index contributed by atoms with van der Waals surface area (Å²) in [6.07, 6.45) is -7.88. The summed E-state index contributed by atoms with van der Waals surface area (Å²) in [7, 11) is -7.89. The molecule has 0 aromatic heterocycles. The second-order valence-corrected chi connectivity index (χ2v) is 6.40. The minimum atomic E-state index is -8.89. The predicted molar refractivity (Wildman–Crippen MR) is 53.3 cm³/mol. The summed E-state index contributed by atoms with van der Waals surface area (Å²) >= 11 is 0. The van der Waals surface area contributed by atoms with E-state index in [-0.39, 0.29) is 31.0 Å². The van der Waals surface area contributed by atoms with Crippen LogP contribution in [0.4, 0.5) is 74.6 Å². The smallest absolute Gasteiger partial charge is 1.00 e. The standard InChI is InChI=1S/C8HF17O3S.Na.H/c9-1(10,3(13,14)5(17,18)7(21,22)23)2(11,12)4(15,16)6(19,20)8(24,25)29(26,27)28;;/h(H,26,27,28);;/q;+1;-1. The molecule has 0 fully saturated rings. The zero-order valence-electron chi connectivity index (χ0n) is 14.1. The van der Waals surface area contributed by atoms with E-state index in [0.29, 0.717) is 0 Å². The Balaban J connectivity index is -0.00000392. The third-order valence-corrected chi connectivity index (χ3v) is 3.92. The zero-order valence-corrected chi connectivity index (χ0v) is 15.9. The van der Waals surface area contributed by atoms with Crippen molar-refractivity contribution in [2.24, 2.45) is 0 Å². The van der Waals surface area contributed by atoms with Crippen LogP contribution in [0.15, 0.2) is 0 Å². The number of hydrogen-bond donors (Lipinski definition) is 1. The maximum atomic E-state index is 13.0. The van der Waals surface area contributed by atoms with E-state index in [0.717, 1.165) is 0 Å². The van der Waals surface area contributed by atoms with Gasteiger partial charge < -0.3 is 1.43 Å². The normalized spacial score (nSPS) is 16.3. The molecule has 22 heteroatoms. The van der Waals surface area contributed by atoms with E-state index in [9.17, 15) is 83.1 Å². The number of alkyl halides is 17. The fourth-order valence-corrected chi connectivity index (χ4v) is 1.76. The van der Waals surface area contributed by atoms with Crippen LogP contribution < -0.4 is 29.6 Å². The maximum absolute atomic E-state index is 13.0. The molecule has 0 atom stereocenters. The first-order chi connectivity index (χ1) is 12.0. The number of halogens is 17. The average Bonchev–Trinajstić information content (AvgIpc) is 2.43. The minimum absolute atomic E-state index is 0. The van der Waals surface area contributed by atoms with Crippen LogP contribution in [0.25, 0.3) is 0 Å². The molecule has 0 spiro atoms. The van der Waals surface area contributed by atoms with Gasteiger partial charge in [-0.15, -0.1) is 0 Å². The Kier molecular flexibility index (Phi) is 8.13. The summed E-state index contributed by atoms with van der Waals surface area (Å²) in [4.78, 5) is 0. The Labute approximate surface area is 176 Å². The summed E-state index contributed by atoms with van der Waals surface area (Å²) in [5.74, 6) is -52.0. The van der Waals surface area contributed by atoms with Crippen LogP contribution in [0.3, 0.4) is 0 Å². The van der Waals surface area contributed by atoms with Crippen LogP contribution in [-0.2, 0) is 10.1 Å². The van der Waals surface area contributed by atoms with Gasteiger partial charge in [-0.2, -0.15) is 83.1 Å². The van der Waals surface area contributed by atoms with Crippen LogP contribution in [0.2, 0.25) is 0 Å². The van der Waals surface area contributed by atoms with Gasteiger partial charge >= 0.3 is 86.6 Å². The summed E-state index contributed by atoms with van der Waals surface area (Å²) in [6, 6.07) is 0. The molecule has 0 unspecified atom stereocenters. The monoisotopic (exact) mass is 524 g/mol. The molecule has 0 aliphatic carbocycles. The molecule has 0 aliphatic rings. The maximum Gasteiger partial charge on any atom is 1.00 e. The zero-order chi connectivity index (χ0) is 24.5. The average molecular weight is 524 g/mol. The van der Waals surface area contributed by atoms with Crippen molar-refractivity contribution in [1.29, 1.82) is 0 Å². The molecule has 0 amide bonds. The Hall–Kier alpha value is -0.280. The molecule has 0 aromatic rings. The summed E-state index contributed by atoms with van der Waals surface area (Å²) in [6.45, 7) is 0. The van der Waals surface area contributed by atoms with E-state index in [2.05, 4.69) is 0 Å². The van der Waals surface area contributed by atoms with Crippen molar-refractivity contribution >= 4 is 10.1 Å². The Morgan fingerprint density at radius 2 is 0.667 bits per heavy atom. The van der Waals surface area contributed by atoms with Gasteiger partial charge in [0.1, 0.15) is 0 Å². The van der Waals surface area contributed by atoms with E-state index < -0.39 is 57.1 Å². The Bertz CT molecular complexity index is 745. The molecule has 0 aliphatic heterocycles. The van der Waals surface area contributed by atoms with Gasteiger partial charge in [-0.3, -0.25) is 4.55 Å². The first-order valence-corrected chi connectivity index (χ1v) is 7.12. The molecule has 0 saturated heterocycles. The van der Waals surface area contributed by atoms with Crippen molar-refractivity contribution < 1.29 is 119 Å². The molecule has 1 N–H and O–H groups in total. The van der Waals surface area contributed by atoms with Crippen LogP contribution in [-0.4, -0.2) is 59.9 Å². The van der Waals surface area contributed by atoms with Crippen LogP contribution in [0.5, 0.6) is 0 Å². The van der Waals surface area contributed by atoms with Gasteiger partial charge in [0.25, 0.3) is 0 Å². The number of hydrogen-bond acceptors (Lipinski definition) is 2. The van der Waals surface area contributed by atoms with Gasteiger partial charge in [0.05, 0.1) is 0 Å². The second kappa shape index (κ2) is 7.65. The van der Waals surface area contributed by atoms with E-state index in [4.69, 9.17) is 4.55 Å². The van der Waals surface area contributed by atoms with Crippen molar-refractivity contribution in [3.05, 3.63) is 0 Å². The molecule has 0 saturated carbocycles. The summed E-state index contributed by atoms with van der Waals surface area (Å²) < 4.78 is 242. The van der Waals surface area contributed by atoms with E-state index in [1.165, 1.54) is 0 Å². The van der Waals surface area contributed by atoms with Crippen molar-refractivity contribution in [3.63, 3.8) is 0 Å². The molecule has 0 bridgehead atoms. The van der Waals surface area contributed by atoms with E-state index >= 15 is 0 Å². The molecule has 30 heavy (non-hydrogen) atoms. The van der Waals surface area contributed by atoms with Crippen LogP contribution in [0, 0.1) is 0 Å². The van der Waals surface area contributed by atoms with Gasteiger partial charge in [-0.05, 0) is 0 Å². The molecule has 0 heterocycles. The topological polar surface area (TPSA) is 54.4 Å². The Morgan fingerprint density at radius 1 is 0.467 bits per heavy atom. The predicted octanol–water partition coefficient (Wildman–Crippen LogP) is 1.96. The Morgan fingerprint density at radius 3 is 0.867 bits per heavy atom. The largest absolute Gasteiger partial charge is 1.00 e. The fraction of sp³-hybridized carbons (Fsp3) is 1.00. The van der Waals surface area contributed by atoms with Crippen LogP contribution >= 0.6 is 0 Å². The van der Waals surface area contributed by atoms with Crippen molar-refractivity contribution in [3.8, 4) is 0 Å². The van der Waals surface area contributed by atoms with Crippen molar-refractivity contribution in [2.45, 2.75) is 47.0 Å². The van der Waals surface area contributed by atoms with Gasteiger partial charge in [-0.25, -0.2) is 0 Å². The summed E-state index contributed by atoms with van der Waals surface area (Å²) in [5, 5.41) is -7.84. The first-order valence-electron chi connectivity index (χ1n) is 5.68. The minimum Gasteiger partial charge on any atom is -1.00 e. The van der Waals surface area contributed by atoms with Crippen molar-refractivity contribution in [2.75, 3.05) is 0 Å². The third-order valence-electron chi connectivity index (χ3n) is 3.02. The SMILES string of the molecule is O=S(=O)(O)C(F)(F)C(F)(F)C(F)(F)C(F)(F)C(F)(F)C(F)(F)C(F)(F)C(F)(F)F.[H-].[Na+]. The van der Waals surface area contributed by atoms with Crippen molar-refractivity contribution in [1.82, 2.24) is 0 Å². The molecule has 3 nitrogen and oxygen atoms in total. The molecular formula is C8H2F17NaO3S. The van der Waals surface area contributed by atoms with Gasteiger partial charge in [0.2, 0.25) is 0 Å². The third kappa shape index (κ3) is 3.85. The fourth-order valence-electron chi connectivity index (χ4n) is 1.31. The van der Waals surface area contributed by atoms with E-state index in [1.54, 1.807) is 0 Å². The van der Waals surface area contributed by atoms with Gasteiger partial charge in [0.15, 0.2) is 0 Å².